The summed E-state index contributed by atoms with van der Waals surface area (Å²) >= 11 is 11.4. The van der Waals surface area contributed by atoms with E-state index < -0.39 is 0 Å². The second kappa shape index (κ2) is 12.8. The molecule has 0 radical (unpaired) electrons. The zero-order valence-corrected chi connectivity index (χ0v) is 23.1. The normalized spacial score (nSPS) is 21.6. The number of ether oxygens (including phenoxy) is 2. The van der Waals surface area contributed by atoms with Crippen LogP contribution in [0.3, 0.4) is 0 Å². The highest BCUT2D eigenvalue weighted by molar-refractivity contribution is 8.40. The van der Waals surface area contributed by atoms with Gasteiger partial charge in [0, 0.05) is 11.5 Å². The Kier molecular flexibility index (Phi) is 9.26. The molecule has 0 spiro atoms. The number of nitrogens with zero attached hydrogens (tertiary/aromatic N) is 2. The van der Waals surface area contributed by atoms with Crippen LogP contribution in [0.4, 0.5) is 11.4 Å². The third-order valence-electron chi connectivity index (χ3n) is 4.64. The van der Waals surface area contributed by atoms with Crippen LogP contribution in [0.2, 0.25) is 0 Å². The Balaban J connectivity index is 1.22. The maximum atomic E-state index is 5.90. The van der Waals surface area contributed by atoms with Crippen LogP contribution in [0, 0.1) is 0 Å². The number of azo groups is 1. The van der Waals surface area contributed by atoms with Crippen LogP contribution in [0.25, 0.3) is 0 Å². The number of hydrogen-bond acceptors (Lipinski definition) is 10. The Morgan fingerprint density at radius 1 is 0.588 bits per heavy atom. The van der Waals surface area contributed by atoms with Crippen LogP contribution in [0.5, 0.6) is 11.5 Å². The molecule has 5 aliphatic rings. The fourth-order valence-electron chi connectivity index (χ4n) is 2.97. The first kappa shape index (κ1) is 24.6. The number of hydrogen-bond donors (Lipinski definition) is 0. The van der Waals surface area contributed by atoms with Crippen molar-refractivity contribution >= 4 is 81.9 Å². The lowest BCUT2D eigenvalue weighted by molar-refractivity contribution is 0.318. The molecular weight excluding hydrogens is 541 g/mol. The molecule has 176 valence electrons. The van der Waals surface area contributed by atoms with E-state index in [1.54, 1.807) is 0 Å². The Hall–Kier alpha value is -1.04. The number of rotatable bonds is 0. The van der Waals surface area contributed by atoms with E-state index in [4.69, 9.17) is 9.47 Å². The predicted octanol–water partition coefficient (Wildman–Crippen LogP) is 9.80. The zero-order chi connectivity index (χ0) is 23.0. The Morgan fingerprint density at radius 3 is 1.47 bits per heavy atom. The lowest BCUT2D eigenvalue weighted by Crippen LogP contribution is -1.98. The van der Waals surface area contributed by atoms with Crippen molar-refractivity contribution in [3.63, 3.8) is 0 Å². The molecule has 0 saturated carbocycles. The van der Waals surface area contributed by atoms with Gasteiger partial charge in [-0.05, 0) is 72.2 Å². The second-order valence-electron chi connectivity index (χ2n) is 7.18. The summed E-state index contributed by atoms with van der Waals surface area (Å²) in [5.41, 5.74) is 1.60. The first-order valence-electron chi connectivity index (χ1n) is 10.8. The summed E-state index contributed by atoms with van der Waals surface area (Å²) in [7, 11) is 0. The van der Waals surface area contributed by atoms with E-state index in [1.165, 1.54) is 16.9 Å². The summed E-state index contributed by atoms with van der Waals surface area (Å²) in [4.78, 5) is 0. The van der Waals surface area contributed by atoms with E-state index in [0.717, 1.165) is 47.2 Å². The smallest absolute Gasteiger partial charge is 0.119 e. The molecule has 5 heterocycles. The summed E-state index contributed by atoms with van der Waals surface area (Å²) in [6.45, 7) is 1.41. The van der Waals surface area contributed by atoms with Gasteiger partial charge in [0.2, 0.25) is 0 Å². The van der Waals surface area contributed by atoms with E-state index in [1.807, 2.05) is 119 Å². The molecule has 4 nitrogen and oxygen atoms in total. The molecule has 0 N–H and O–H groups in total. The van der Waals surface area contributed by atoms with Gasteiger partial charge in [0.1, 0.15) is 11.5 Å². The average molecular weight is 563 g/mol. The summed E-state index contributed by atoms with van der Waals surface area (Å²) < 4.78 is 17.4. The van der Waals surface area contributed by atoms with Crippen LogP contribution in [0.1, 0.15) is 12.8 Å². The quantitative estimate of drug-likeness (QED) is 0.314. The highest BCUT2D eigenvalue weighted by Gasteiger charge is 2.22. The van der Waals surface area contributed by atoms with E-state index in [-0.39, 0.29) is 0 Å². The van der Waals surface area contributed by atoms with Crippen LogP contribution in [-0.4, -0.2) is 24.7 Å². The van der Waals surface area contributed by atoms with Gasteiger partial charge in [0.25, 0.3) is 0 Å². The molecule has 34 heavy (non-hydrogen) atoms. The minimum absolute atomic E-state index is 0.706. The average Bonchev–Trinajstić information content (AvgIpc) is 3.53. The van der Waals surface area contributed by atoms with Gasteiger partial charge in [-0.3, -0.25) is 0 Å². The van der Waals surface area contributed by atoms with Gasteiger partial charge in [0.15, 0.2) is 0 Å². The molecule has 2 aromatic carbocycles. The summed E-state index contributed by atoms with van der Waals surface area (Å²) in [5.74, 6) is 3.82. The van der Waals surface area contributed by atoms with Crippen molar-refractivity contribution < 1.29 is 9.47 Å². The summed E-state index contributed by atoms with van der Waals surface area (Å²) in [6.07, 6.45) is 2.01. The maximum absolute atomic E-state index is 5.90. The fraction of sp³-hybridized carbons (Fsp3) is 0.250. The van der Waals surface area contributed by atoms with E-state index in [0.29, 0.717) is 13.2 Å². The van der Waals surface area contributed by atoms with Crippen LogP contribution in [-0.2, 0) is 0 Å². The fourth-order valence-corrected chi connectivity index (χ4v) is 10.6. The molecule has 2 aromatic rings. The maximum Gasteiger partial charge on any atom is 0.119 e. The standard InChI is InChI=1S/C24H22N2O2S6/c1-11-27-19-7-3-17(4-8-19)25-26-18-5-9-20(10-6-18)28-12-2-14-30-22-16-32-24(34-22)23-31-15-21(33-23)29-13-1/h3-10,15-16H,1-2,11-14H2/b24-23-,26-25?. The highest BCUT2D eigenvalue weighted by atomic mass is 32.2. The second-order valence-corrected chi connectivity index (χ2v) is 14.3. The van der Waals surface area contributed by atoms with Crippen molar-refractivity contribution in [2.75, 3.05) is 24.7 Å². The lowest BCUT2D eigenvalue weighted by atomic mass is 10.3. The van der Waals surface area contributed by atoms with Crippen molar-refractivity contribution in [1.29, 1.82) is 0 Å². The molecule has 10 heteroatoms. The predicted molar refractivity (Wildman–Crippen MR) is 156 cm³/mol. The van der Waals surface area contributed by atoms with Crippen molar-refractivity contribution in [3.05, 3.63) is 76.3 Å². The van der Waals surface area contributed by atoms with E-state index in [9.17, 15) is 0 Å². The molecule has 0 unspecified atom stereocenters. The number of benzene rings is 2. The van der Waals surface area contributed by atoms with Gasteiger partial charge < -0.3 is 9.47 Å². The van der Waals surface area contributed by atoms with E-state index in [2.05, 4.69) is 21.0 Å². The molecule has 0 saturated heterocycles. The molecule has 7 rings (SSSR count). The molecule has 8 bridgehead atoms. The summed E-state index contributed by atoms with van der Waals surface area (Å²) in [6, 6.07) is 15.5. The first-order valence-corrected chi connectivity index (χ1v) is 16.1. The first-order chi connectivity index (χ1) is 16.8. The third kappa shape index (κ3) is 7.24. The van der Waals surface area contributed by atoms with Gasteiger partial charge in [-0.25, -0.2) is 0 Å². The minimum Gasteiger partial charge on any atom is -0.494 e. The number of thioether (sulfide) groups is 6. The Bertz CT molecular complexity index is 1030. The van der Waals surface area contributed by atoms with Crippen LogP contribution in [0.15, 0.2) is 86.5 Å². The lowest BCUT2D eigenvalue weighted by Gasteiger charge is -2.07. The Labute approximate surface area is 225 Å². The molecule has 5 aliphatic heterocycles. The molecule has 0 aliphatic carbocycles. The molecule has 0 atom stereocenters. The van der Waals surface area contributed by atoms with Gasteiger partial charge in [-0.2, -0.15) is 10.2 Å². The highest BCUT2D eigenvalue weighted by Crippen LogP contribution is 2.58. The molecule has 0 fully saturated rings. The largest absolute Gasteiger partial charge is 0.494 e. The number of fused-ring (bicyclic) bond motifs is 2. The molecular formula is C24H22N2O2S6. The monoisotopic (exact) mass is 562 g/mol. The van der Waals surface area contributed by atoms with Gasteiger partial charge >= 0.3 is 0 Å². The zero-order valence-electron chi connectivity index (χ0n) is 18.2. The topological polar surface area (TPSA) is 43.2 Å². The van der Waals surface area contributed by atoms with Gasteiger partial charge in [0.05, 0.1) is 41.5 Å². The van der Waals surface area contributed by atoms with Gasteiger partial charge in [-0.15, -0.1) is 23.5 Å². The SMILES string of the molecule is C1=C2SCCCOc3ccc(cc3)N=Nc3ccc(cc3)OCCCSC3=CS/C(=C(\S1)S2)S3. The molecule has 0 amide bonds. The molecule has 0 aromatic heterocycles. The van der Waals surface area contributed by atoms with E-state index >= 15 is 0 Å². The van der Waals surface area contributed by atoms with Crippen LogP contribution >= 0.6 is 70.6 Å². The van der Waals surface area contributed by atoms with Crippen LogP contribution < -0.4 is 9.47 Å². The van der Waals surface area contributed by atoms with Crippen molar-refractivity contribution in [2.45, 2.75) is 12.8 Å². The summed E-state index contributed by atoms with van der Waals surface area (Å²) in [5, 5.41) is 13.2. The van der Waals surface area contributed by atoms with Gasteiger partial charge in [-0.1, -0.05) is 47.0 Å². The van der Waals surface area contributed by atoms with Crippen molar-refractivity contribution in [3.8, 4) is 11.5 Å². The minimum atomic E-state index is 0.706. The van der Waals surface area contributed by atoms with Crippen molar-refractivity contribution in [1.82, 2.24) is 0 Å². The Morgan fingerprint density at radius 2 is 1.03 bits per heavy atom. The van der Waals surface area contributed by atoms with Crippen molar-refractivity contribution in [2.24, 2.45) is 10.2 Å². The third-order valence-corrected chi connectivity index (χ3v) is 12.8.